The number of carbonyl (C=O) groups is 2. The maximum Gasteiger partial charge on any atom is 0.226 e. The number of likely N-dealkylation sites (N-methyl/N-ethyl adjacent to an activating group) is 1. The van der Waals surface area contributed by atoms with Crippen molar-refractivity contribution in [3.63, 3.8) is 0 Å². The third kappa shape index (κ3) is 5.34. The van der Waals surface area contributed by atoms with Crippen LogP contribution in [0.15, 0.2) is 42.5 Å². The van der Waals surface area contributed by atoms with E-state index in [0.29, 0.717) is 5.56 Å². The second-order valence-corrected chi connectivity index (χ2v) is 6.70. The molecule has 0 saturated heterocycles. The van der Waals surface area contributed by atoms with Crippen LogP contribution in [0.5, 0.6) is 0 Å². The van der Waals surface area contributed by atoms with Crippen LogP contribution in [0.25, 0.3) is 0 Å². The van der Waals surface area contributed by atoms with E-state index in [1.807, 2.05) is 25.1 Å². The van der Waals surface area contributed by atoms with Crippen LogP contribution in [0.4, 0.5) is 0 Å². The lowest BCUT2D eigenvalue weighted by Gasteiger charge is -2.30. The van der Waals surface area contributed by atoms with E-state index in [9.17, 15) is 9.59 Å². The Morgan fingerprint density at radius 1 is 1.13 bits per heavy atom. The molecule has 126 valence electrons. The van der Waals surface area contributed by atoms with Crippen molar-refractivity contribution in [2.45, 2.75) is 46.6 Å². The zero-order chi connectivity index (χ0) is 17.6. The van der Waals surface area contributed by atoms with Crippen LogP contribution < -0.4 is 0 Å². The third-order valence-electron chi connectivity index (χ3n) is 4.37. The van der Waals surface area contributed by atoms with Crippen LogP contribution in [-0.4, -0.2) is 29.7 Å². The van der Waals surface area contributed by atoms with Gasteiger partial charge in [-0.25, -0.2) is 0 Å². The summed E-state index contributed by atoms with van der Waals surface area (Å²) in [4.78, 5) is 27.0. The summed E-state index contributed by atoms with van der Waals surface area (Å²) < 4.78 is 0. The van der Waals surface area contributed by atoms with Crippen LogP contribution in [0.3, 0.4) is 0 Å². The molecule has 0 N–H and O–H groups in total. The van der Waals surface area contributed by atoms with Gasteiger partial charge in [0.05, 0.1) is 6.04 Å². The highest BCUT2D eigenvalue weighted by Crippen LogP contribution is 2.23. The van der Waals surface area contributed by atoms with Gasteiger partial charge in [0.2, 0.25) is 5.91 Å². The number of ketones is 1. The average Bonchev–Trinajstić information content (AvgIpc) is 2.52. The lowest BCUT2D eigenvalue weighted by molar-refractivity contribution is -0.137. The van der Waals surface area contributed by atoms with Gasteiger partial charge in [0, 0.05) is 18.5 Å². The summed E-state index contributed by atoms with van der Waals surface area (Å²) in [5.74, 6) is 0.174. The Kier molecular flexibility index (Phi) is 7.21. The van der Waals surface area contributed by atoms with E-state index >= 15 is 0 Å². The number of hydrogen-bond donors (Lipinski definition) is 0. The van der Waals surface area contributed by atoms with Gasteiger partial charge in [0.25, 0.3) is 0 Å². The molecule has 0 aromatic heterocycles. The summed E-state index contributed by atoms with van der Waals surface area (Å²) in [5, 5.41) is 0. The fourth-order valence-electron chi connectivity index (χ4n) is 2.62. The van der Waals surface area contributed by atoms with Crippen LogP contribution in [0.1, 0.15) is 50.9 Å². The molecule has 2 atom stereocenters. The first-order chi connectivity index (χ1) is 10.8. The van der Waals surface area contributed by atoms with Gasteiger partial charge in [0.1, 0.15) is 0 Å². The van der Waals surface area contributed by atoms with Crippen molar-refractivity contribution >= 4 is 11.7 Å². The van der Waals surface area contributed by atoms with Gasteiger partial charge < -0.3 is 4.90 Å². The molecule has 0 aliphatic heterocycles. The first-order valence-electron chi connectivity index (χ1n) is 8.26. The van der Waals surface area contributed by atoms with Crippen molar-refractivity contribution < 1.29 is 9.59 Å². The highest BCUT2D eigenvalue weighted by Gasteiger charge is 2.30. The van der Waals surface area contributed by atoms with Gasteiger partial charge in [0.15, 0.2) is 5.78 Å². The van der Waals surface area contributed by atoms with E-state index in [2.05, 4.69) is 20.4 Å². The number of carbonyl (C=O) groups excluding carboxylic acids is 2. The molecule has 0 aliphatic rings. The van der Waals surface area contributed by atoms with Crippen LogP contribution in [0, 0.1) is 11.8 Å². The fraction of sp³-hybridized carbons (Fsp3) is 0.500. The normalized spacial score (nSPS) is 13.5. The maximum absolute atomic E-state index is 12.8. The minimum atomic E-state index is -0.462. The third-order valence-corrected chi connectivity index (χ3v) is 4.37. The van der Waals surface area contributed by atoms with Gasteiger partial charge in [-0.3, -0.25) is 9.59 Å². The maximum atomic E-state index is 12.8. The molecule has 3 nitrogen and oxygen atoms in total. The lowest BCUT2D eigenvalue weighted by Crippen LogP contribution is -2.44. The highest BCUT2D eigenvalue weighted by atomic mass is 16.2. The molecule has 0 bridgehead atoms. The largest absolute Gasteiger partial charge is 0.335 e. The molecule has 0 radical (unpaired) electrons. The Hall–Kier alpha value is -1.90. The van der Waals surface area contributed by atoms with Crippen LogP contribution in [0.2, 0.25) is 0 Å². The summed E-state index contributed by atoms with van der Waals surface area (Å²) in [6.07, 6.45) is 1.62. The van der Waals surface area contributed by atoms with Crippen molar-refractivity contribution in [2.75, 3.05) is 7.05 Å². The van der Waals surface area contributed by atoms with E-state index in [4.69, 9.17) is 0 Å². The fourth-order valence-corrected chi connectivity index (χ4v) is 2.62. The molecule has 1 amide bonds. The zero-order valence-electron chi connectivity index (χ0n) is 15.0. The molecule has 23 heavy (non-hydrogen) atoms. The first-order valence-corrected chi connectivity index (χ1v) is 8.26. The summed E-state index contributed by atoms with van der Waals surface area (Å²) in [6, 6.07) is 8.67. The van der Waals surface area contributed by atoms with E-state index in [-0.39, 0.29) is 23.5 Å². The van der Waals surface area contributed by atoms with Crippen molar-refractivity contribution in [1.82, 2.24) is 4.90 Å². The molecule has 0 aliphatic carbocycles. The highest BCUT2D eigenvalue weighted by molar-refractivity contribution is 6.01. The molecular weight excluding hydrogens is 286 g/mol. The van der Waals surface area contributed by atoms with E-state index in [0.717, 1.165) is 18.4 Å². The van der Waals surface area contributed by atoms with E-state index in [1.54, 1.807) is 31.0 Å². The molecule has 3 heteroatoms. The topological polar surface area (TPSA) is 37.4 Å². The Morgan fingerprint density at radius 2 is 1.70 bits per heavy atom. The van der Waals surface area contributed by atoms with E-state index in [1.165, 1.54) is 0 Å². The molecule has 1 rings (SSSR count). The van der Waals surface area contributed by atoms with Crippen LogP contribution in [-0.2, 0) is 4.79 Å². The Balaban J connectivity index is 2.83. The molecular formula is C20H29NO2. The number of amides is 1. The Morgan fingerprint density at radius 3 is 2.17 bits per heavy atom. The van der Waals surface area contributed by atoms with Crippen molar-refractivity contribution in [1.29, 1.82) is 0 Å². The standard InChI is InChI=1S/C20H29NO2/c1-14(2)12-13-18(15(3)4)20(23)21(6)16(5)19(22)17-10-8-7-9-11-17/h7-11,15-16,18H,1,12-13H2,2-6H3/t16-,18-/m0/s1. The number of hydrogen-bond acceptors (Lipinski definition) is 2. The number of rotatable bonds is 8. The van der Waals surface area contributed by atoms with Gasteiger partial charge in [-0.15, -0.1) is 6.58 Å². The van der Waals surface area contributed by atoms with Gasteiger partial charge in [-0.2, -0.15) is 0 Å². The lowest BCUT2D eigenvalue weighted by atomic mass is 9.88. The summed E-state index contributed by atoms with van der Waals surface area (Å²) in [5.41, 5.74) is 1.72. The zero-order valence-corrected chi connectivity index (χ0v) is 15.0. The van der Waals surface area contributed by atoms with Crippen molar-refractivity contribution in [3.8, 4) is 0 Å². The second kappa shape index (κ2) is 8.66. The average molecular weight is 315 g/mol. The molecule has 1 aromatic carbocycles. The predicted molar refractivity (Wildman–Crippen MR) is 95.4 cm³/mol. The number of Topliss-reactive ketones (excluding diaryl/α,β-unsaturated/α-hetero) is 1. The van der Waals surface area contributed by atoms with Crippen molar-refractivity contribution in [3.05, 3.63) is 48.0 Å². The van der Waals surface area contributed by atoms with Gasteiger partial charge in [-0.05, 0) is 32.6 Å². The SMILES string of the molecule is C=C(C)CC[C@H](C(=O)N(C)[C@@H](C)C(=O)c1ccccc1)C(C)C. The molecule has 0 spiro atoms. The number of allylic oxidation sites excluding steroid dienone is 1. The minimum absolute atomic E-state index is 0.0242. The Labute approximate surface area is 140 Å². The van der Waals surface area contributed by atoms with Gasteiger partial charge >= 0.3 is 0 Å². The van der Waals surface area contributed by atoms with Gasteiger partial charge in [-0.1, -0.05) is 49.8 Å². The van der Waals surface area contributed by atoms with Crippen molar-refractivity contribution in [2.24, 2.45) is 11.8 Å². The Bertz CT molecular complexity index is 548. The number of benzene rings is 1. The first kappa shape index (κ1) is 19.1. The quantitative estimate of drug-likeness (QED) is 0.528. The second-order valence-electron chi connectivity index (χ2n) is 6.70. The molecule has 0 saturated carbocycles. The molecule has 1 aromatic rings. The van der Waals surface area contributed by atoms with Crippen LogP contribution >= 0.6 is 0 Å². The summed E-state index contributed by atoms with van der Waals surface area (Å²) in [7, 11) is 1.73. The minimum Gasteiger partial charge on any atom is -0.335 e. The monoisotopic (exact) mass is 315 g/mol. The smallest absolute Gasteiger partial charge is 0.226 e. The number of nitrogens with zero attached hydrogens (tertiary/aromatic N) is 1. The summed E-state index contributed by atoms with van der Waals surface area (Å²) in [6.45, 7) is 11.8. The summed E-state index contributed by atoms with van der Waals surface area (Å²) >= 11 is 0. The molecule has 0 unspecified atom stereocenters. The predicted octanol–water partition coefficient (Wildman–Crippen LogP) is 4.34. The van der Waals surface area contributed by atoms with E-state index < -0.39 is 6.04 Å². The molecule has 0 fully saturated rings. The molecule has 0 heterocycles.